The summed E-state index contributed by atoms with van der Waals surface area (Å²) in [5.74, 6) is 0.0464. The van der Waals surface area contributed by atoms with Crippen molar-refractivity contribution in [2.24, 2.45) is 5.73 Å². The van der Waals surface area contributed by atoms with Crippen LogP contribution in [0.3, 0.4) is 0 Å². The third kappa shape index (κ3) is 1.87. The molecule has 1 unspecified atom stereocenters. The van der Waals surface area contributed by atoms with E-state index in [-0.39, 0.29) is 11.7 Å². The number of primary amides is 1. The molecule has 0 spiro atoms. The van der Waals surface area contributed by atoms with Gasteiger partial charge in [0.15, 0.2) is 5.82 Å². The fraction of sp³-hybridized carbons (Fsp3) is 0.200. The van der Waals surface area contributed by atoms with Gasteiger partial charge in [-0.05, 0) is 37.1 Å². The number of nitrogens with zero attached hydrogens (tertiary/aromatic N) is 2. The number of anilines is 3. The fourth-order valence-electron chi connectivity index (χ4n) is 2.68. The van der Waals surface area contributed by atoms with Crippen LogP contribution in [0.1, 0.15) is 23.0 Å². The predicted octanol–water partition coefficient (Wildman–Crippen LogP) is 1.85. The molecular formula is C15H16N4O. The second kappa shape index (κ2) is 4.52. The minimum absolute atomic E-state index is 0.228. The summed E-state index contributed by atoms with van der Waals surface area (Å²) in [5, 5.41) is 0. The van der Waals surface area contributed by atoms with Gasteiger partial charge >= 0.3 is 0 Å². The average Bonchev–Trinajstić information content (AvgIpc) is 2.75. The summed E-state index contributed by atoms with van der Waals surface area (Å²) < 4.78 is 0. The molecule has 1 aromatic heterocycles. The first-order valence-electron chi connectivity index (χ1n) is 6.51. The Morgan fingerprint density at radius 1 is 1.30 bits per heavy atom. The van der Waals surface area contributed by atoms with Crippen molar-refractivity contribution in [3.05, 3.63) is 47.7 Å². The van der Waals surface area contributed by atoms with Gasteiger partial charge in [0.1, 0.15) is 5.69 Å². The van der Waals surface area contributed by atoms with Crippen LogP contribution >= 0.6 is 0 Å². The molecule has 0 fully saturated rings. The lowest BCUT2D eigenvalue weighted by Gasteiger charge is -2.25. The van der Waals surface area contributed by atoms with Gasteiger partial charge in [0.05, 0.1) is 5.69 Å². The molecule has 0 aliphatic carbocycles. The number of carbonyl (C=O) groups is 1. The third-order valence-electron chi connectivity index (χ3n) is 3.59. The number of amides is 1. The molecule has 0 bridgehead atoms. The Morgan fingerprint density at radius 3 is 2.80 bits per heavy atom. The summed E-state index contributed by atoms with van der Waals surface area (Å²) in [4.78, 5) is 17.7. The van der Waals surface area contributed by atoms with Crippen molar-refractivity contribution in [3.8, 4) is 0 Å². The molecule has 5 nitrogen and oxygen atoms in total. The zero-order valence-electron chi connectivity index (χ0n) is 11.2. The highest BCUT2D eigenvalue weighted by molar-refractivity contribution is 5.92. The molecule has 2 heterocycles. The summed E-state index contributed by atoms with van der Waals surface area (Å²) in [5.41, 5.74) is 14.4. The number of hydrogen-bond acceptors (Lipinski definition) is 4. The van der Waals surface area contributed by atoms with E-state index < -0.39 is 5.91 Å². The summed E-state index contributed by atoms with van der Waals surface area (Å²) in [6.07, 6.45) is 0.929. The fourth-order valence-corrected chi connectivity index (χ4v) is 2.68. The van der Waals surface area contributed by atoms with Crippen LogP contribution < -0.4 is 16.4 Å². The maximum atomic E-state index is 11.3. The molecule has 0 saturated carbocycles. The van der Waals surface area contributed by atoms with Crippen LogP contribution in [-0.4, -0.2) is 16.9 Å². The molecule has 3 rings (SSSR count). The number of rotatable bonds is 2. The smallest absolute Gasteiger partial charge is 0.267 e. The summed E-state index contributed by atoms with van der Waals surface area (Å²) in [6.45, 7) is 2.11. The molecule has 4 N–H and O–H groups in total. The van der Waals surface area contributed by atoms with Gasteiger partial charge in [0.2, 0.25) is 0 Å². The Bertz CT molecular complexity index is 683. The molecule has 20 heavy (non-hydrogen) atoms. The lowest BCUT2D eigenvalue weighted by Crippen LogP contribution is -2.27. The quantitative estimate of drug-likeness (QED) is 0.870. The van der Waals surface area contributed by atoms with E-state index in [9.17, 15) is 4.79 Å². The first-order chi connectivity index (χ1) is 9.58. The molecule has 102 valence electrons. The number of benzene rings is 1. The van der Waals surface area contributed by atoms with Crippen molar-refractivity contribution in [2.45, 2.75) is 19.4 Å². The summed E-state index contributed by atoms with van der Waals surface area (Å²) in [7, 11) is 0. The molecule has 2 aromatic rings. The Morgan fingerprint density at radius 2 is 2.05 bits per heavy atom. The van der Waals surface area contributed by atoms with Gasteiger partial charge in [0.25, 0.3) is 5.91 Å². The van der Waals surface area contributed by atoms with E-state index in [2.05, 4.69) is 22.9 Å². The Balaban J connectivity index is 2.13. The van der Waals surface area contributed by atoms with E-state index in [1.165, 1.54) is 5.56 Å². The van der Waals surface area contributed by atoms with Crippen molar-refractivity contribution in [3.63, 3.8) is 0 Å². The Kier molecular flexibility index (Phi) is 2.82. The monoisotopic (exact) mass is 268 g/mol. The molecule has 5 heteroatoms. The number of fused-ring (bicyclic) bond motifs is 1. The van der Waals surface area contributed by atoms with Crippen LogP contribution in [-0.2, 0) is 6.42 Å². The van der Waals surface area contributed by atoms with Gasteiger partial charge in [-0.25, -0.2) is 4.98 Å². The van der Waals surface area contributed by atoms with Crippen molar-refractivity contribution >= 4 is 23.1 Å². The zero-order valence-corrected chi connectivity index (χ0v) is 11.2. The topological polar surface area (TPSA) is 85.2 Å². The maximum absolute atomic E-state index is 11.3. The largest absolute Gasteiger partial charge is 0.396 e. The summed E-state index contributed by atoms with van der Waals surface area (Å²) >= 11 is 0. The minimum atomic E-state index is -0.550. The van der Waals surface area contributed by atoms with Crippen LogP contribution in [0, 0.1) is 0 Å². The first-order valence-corrected chi connectivity index (χ1v) is 6.51. The van der Waals surface area contributed by atoms with Crippen LogP contribution in [0.15, 0.2) is 36.4 Å². The normalized spacial score (nSPS) is 17.1. The second-order valence-corrected chi connectivity index (χ2v) is 5.03. The summed E-state index contributed by atoms with van der Waals surface area (Å²) in [6, 6.07) is 11.6. The highest BCUT2D eigenvalue weighted by Crippen LogP contribution is 2.39. The van der Waals surface area contributed by atoms with Crippen LogP contribution in [0.4, 0.5) is 17.2 Å². The van der Waals surface area contributed by atoms with E-state index >= 15 is 0 Å². The number of carbonyl (C=O) groups excluding carboxylic acids is 1. The number of aromatic nitrogens is 1. The standard InChI is InChI=1S/C15H16N4O/c1-9-8-10-4-2-3-5-13(10)19(9)15-11(16)6-7-12(18-15)14(17)20/h2-7,9H,8,16H2,1H3,(H2,17,20). The highest BCUT2D eigenvalue weighted by atomic mass is 16.1. The SMILES string of the molecule is CC1Cc2ccccc2N1c1nc(C(N)=O)ccc1N. The van der Waals surface area contributed by atoms with Gasteiger partial charge in [-0.2, -0.15) is 0 Å². The number of pyridine rings is 1. The lowest BCUT2D eigenvalue weighted by atomic mass is 10.1. The van der Waals surface area contributed by atoms with Crippen molar-refractivity contribution in [2.75, 3.05) is 10.6 Å². The van der Waals surface area contributed by atoms with Gasteiger partial charge in [-0.15, -0.1) is 0 Å². The second-order valence-electron chi connectivity index (χ2n) is 5.03. The molecule has 0 radical (unpaired) electrons. The van der Waals surface area contributed by atoms with Crippen LogP contribution in [0.2, 0.25) is 0 Å². The highest BCUT2D eigenvalue weighted by Gasteiger charge is 2.29. The van der Waals surface area contributed by atoms with Crippen LogP contribution in [0.5, 0.6) is 0 Å². The Labute approximate surface area is 117 Å². The van der Waals surface area contributed by atoms with E-state index in [0.717, 1.165) is 12.1 Å². The van der Waals surface area contributed by atoms with Crippen molar-refractivity contribution in [1.29, 1.82) is 0 Å². The minimum Gasteiger partial charge on any atom is -0.396 e. The number of nitrogens with two attached hydrogens (primary N) is 2. The van der Waals surface area contributed by atoms with E-state index in [0.29, 0.717) is 11.5 Å². The van der Waals surface area contributed by atoms with E-state index in [1.54, 1.807) is 12.1 Å². The first kappa shape index (κ1) is 12.5. The zero-order chi connectivity index (χ0) is 14.3. The third-order valence-corrected chi connectivity index (χ3v) is 3.59. The lowest BCUT2D eigenvalue weighted by molar-refractivity contribution is 0.0995. The van der Waals surface area contributed by atoms with Crippen molar-refractivity contribution in [1.82, 2.24) is 4.98 Å². The van der Waals surface area contributed by atoms with E-state index in [1.807, 2.05) is 18.2 Å². The number of nitrogen functional groups attached to an aromatic ring is 1. The maximum Gasteiger partial charge on any atom is 0.267 e. The molecule has 1 amide bonds. The molecule has 1 aromatic carbocycles. The van der Waals surface area contributed by atoms with Gasteiger partial charge < -0.3 is 16.4 Å². The molecule has 1 atom stereocenters. The number of para-hydroxylation sites is 1. The van der Waals surface area contributed by atoms with Gasteiger partial charge in [-0.3, -0.25) is 4.79 Å². The molecular weight excluding hydrogens is 252 g/mol. The van der Waals surface area contributed by atoms with Crippen LogP contribution in [0.25, 0.3) is 0 Å². The van der Waals surface area contributed by atoms with E-state index in [4.69, 9.17) is 11.5 Å². The van der Waals surface area contributed by atoms with Gasteiger partial charge in [-0.1, -0.05) is 18.2 Å². The van der Waals surface area contributed by atoms with Crippen molar-refractivity contribution < 1.29 is 4.79 Å². The number of hydrogen-bond donors (Lipinski definition) is 2. The molecule has 0 saturated heterocycles. The van der Waals surface area contributed by atoms with Gasteiger partial charge in [0, 0.05) is 11.7 Å². The average molecular weight is 268 g/mol. The molecule has 1 aliphatic heterocycles. The Hall–Kier alpha value is -2.56. The predicted molar refractivity (Wildman–Crippen MR) is 78.9 cm³/mol. The molecule has 1 aliphatic rings.